The predicted molar refractivity (Wildman–Crippen MR) is 79.9 cm³/mol. The topological polar surface area (TPSA) is 21.3 Å². The van der Waals surface area contributed by atoms with E-state index in [1.807, 2.05) is 0 Å². The second-order valence-electron chi connectivity index (χ2n) is 4.61. The predicted octanol–water partition coefficient (Wildman–Crippen LogP) is 4.91. The number of nitrogens with one attached hydrogen (secondary N) is 1. The van der Waals surface area contributed by atoms with Crippen LogP contribution in [-0.2, 0) is 6.54 Å². The molecule has 0 fully saturated rings. The molecule has 0 amide bonds. The van der Waals surface area contributed by atoms with Gasteiger partial charge >= 0.3 is 0 Å². The Labute approximate surface area is 127 Å². The number of hydrogen-bond acceptors (Lipinski definition) is 2. The monoisotopic (exact) mass is 311 g/mol. The van der Waals surface area contributed by atoms with Gasteiger partial charge in [-0.2, -0.15) is 0 Å². The van der Waals surface area contributed by atoms with Crippen molar-refractivity contribution in [3.05, 3.63) is 58.6 Å². The number of benzene rings is 2. The molecule has 2 aromatic carbocycles. The summed E-state index contributed by atoms with van der Waals surface area (Å²) >= 11 is 6.16. The maximum atomic E-state index is 13.5. The highest BCUT2D eigenvalue weighted by atomic mass is 35.5. The molecule has 0 saturated carbocycles. The number of hydrogen-bond donors (Lipinski definition) is 1. The summed E-state index contributed by atoms with van der Waals surface area (Å²) in [4.78, 5) is 0. The van der Waals surface area contributed by atoms with Crippen LogP contribution in [0.2, 0.25) is 5.02 Å². The van der Waals surface area contributed by atoms with Gasteiger partial charge in [0.25, 0.3) is 0 Å². The van der Waals surface area contributed by atoms with E-state index in [2.05, 4.69) is 12.2 Å². The van der Waals surface area contributed by atoms with Gasteiger partial charge < -0.3 is 10.1 Å². The van der Waals surface area contributed by atoms with Crippen molar-refractivity contribution in [3.63, 3.8) is 0 Å². The molecule has 112 valence electrons. The number of ether oxygens (including phenoxy) is 1. The smallest absolute Gasteiger partial charge is 0.165 e. The first-order chi connectivity index (χ1) is 10.1. The molecule has 0 heterocycles. The van der Waals surface area contributed by atoms with E-state index < -0.39 is 11.6 Å². The van der Waals surface area contributed by atoms with Crippen molar-refractivity contribution in [1.29, 1.82) is 0 Å². The molecule has 0 radical (unpaired) electrons. The lowest BCUT2D eigenvalue weighted by Crippen LogP contribution is -2.13. The summed E-state index contributed by atoms with van der Waals surface area (Å²) in [5.74, 6) is -0.981. The van der Waals surface area contributed by atoms with E-state index in [4.69, 9.17) is 16.3 Å². The van der Waals surface area contributed by atoms with Crippen molar-refractivity contribution >= 4 is 11.6 Å². The van der Waals surface area contributed by atoms with Gasteiger partial charge in [0.2, 0.25) is 0 Å². The summed E-state index contributed by atoms with van der Waals surface area (Å²) in [6.45, 7) is 3.64. The molecule has 2 rings (SSSR count). The van der Waals surface area contributed by atoms with E-state index in [-0.39, 0.29) is 5.75 Å². The molecule has 0 bridgehead atoms. The molecule has 0 aromatic heterocycles. The molecule has 2 aromatic rings. The van der Waals surface area contributed by atoms with Crippen LogP contribution in [0.5, 0.6) is 11.5 Å². The minimum Gasteiger partial charge on any atom is -0.454 e. The molecular formula is C16H16ClF2NO. The van der Waals surface area contributed by atoms with E-state index in [0.29, 0.717) is 17.3 Å². The van der Waals surface area contributed by atoms with Gasteiger partial charge in [-0.1, -0.05) is 24.6 Å². The lowest BCUT2D eigenvalue weighted by molar-refractivity contribution is 0.436. The molecule has 0 aliphatic carbocycles. The zero-order valence-corrected chi connectivity index (χ0v) is 12.4. The van der Waals surface area contributed by atoms with Crippen LogP contribution in [0.3, 0.4) is 0 Å². The quantitative estimate of drug-likeness (QED) is 0.765. The Bertz CT molecular complexity index is 619. The third-order valence-corrected chi connectivity index (χ3v) is 3.24. The minimum absolute atomic E-state index is 0.164. The van der Waals surface area contributed by atoms with Gasteiger partial charge in [0.15, 0.2) is 11.6 Å². The van der Waals surface area contributed by atoms with Gasteiger partial charge in [-0.15, -0.1) is 0 Å². The van der Waals surface area contributed by atoms with Crippen molar-refractivity contribution in [2.24, 2.45) is 0 Å². The van der Waals surface area contributed by atoms with Crippen molar-refractivity contribution in [2.45, 2.75) is 19.9 Å². The molecule has 0 atom stereocenters. The summed E-state index contributed by atoms with van der Waals surface area (Å²) < 4.78 is 31.9. The first-order valence-corrected chi connectivity index (χ1v) is 7.10. The zero-order chi connectivity index (χ0) is 15.2. The third-order valence-electron chi connectivity index (χ3n) is 2.89. The summed E-state index contributed by atoms with van der Waals surface area (Å²) in [6, 6.07) is 8.14. The highest BCUT2D eigenvalue weighted by Crippen LogP contribution is 2.28. The van der Waals surface area contributed by atoms with Gasteiger partial charge in [0.05, 0.1) is 0 Å². The van der Waals surface area contributed by atoms with Crippen LogP contribution in [0.25, 0.3) is 0 Å². The van der Waals surface area contributed by atoms with Crippen LogP contribution >= 0.6 is 11.6 Å². The summed E-state index contributed by atoms with van der Waals surface area (Å²) in [5, 5.41) is 3.76. The maximum absolute atomic E-state index is 13.5. The molecule has 21 heavy (non-hydrogen) atoms. The Balaban J connectivity index is 2.11. The zero-order valence-electron chi connectivity index (χ0n) is 11.6. The molecule has 0 aliphatic rings. The van der Waals surface area contributed by atoms with E-state index in [0.717, 1.165) is 36.7 Å². The molecule has 5 heteroatoms. The van der Waals surface area contributed by atoms with Crippen LogP contribution in [0.4, 0.5) is 8.78 Å². The fourth-order valence-electron chi connectivity index (χ4n) is 1.82. The number of halogens is 3. The lowest BCUT2D eigenvalue weighted by atomic mass is 10.2. The van der Waals surface area contributed by atoms with Crippen LogP contribution in [0, 0.1) is 11.6 Å². The van der Waals surface area contributed by atoms with Gasteiger partial charge in [-0.3, -0.25) is 0 Å². The minimum atomic E-state index is -0.624. The molecule has 0 unspecified atom stereocenters. The van der Waals surface area contributed by atoms with Crippen LogP contribution in [0.1, 0.15) is 18.9 Å². The average Bonchev–Trinajstić information content (AvgIpc) is 2.45. The molecule has 2 nitrogen and oxygen atoms in total. The third kappa shape index (κ3) is 4.41. The first-order valence-electron chi connectivity index (χ1n) is 6.72. The normalized spacial score (nSPS) is 10.7. The van der Waals surface area contributed by atoms with Gasteiger partial charge in [-0.05, 0) is 42.8 Å². The van der Waals surface area contributed by atoms with E-state index >= 15 is 0 Å². The van der Waals surface area contributed by atoms with E-state index in [1.54, 1.807) is 18.2 Å². The average molecular weight is 312 g/mol. The number of rotatable bonds is 6. The molecular weight excluding hydrogens is 296 g/mol. The first kappa shape index (κ1) is 15.7. The van der Waals surface area contributed by atoms with Crippen molar-refractivity contribution in [2.75, 3.05) is 6.54 Å². The van der Waals surface area contributed by atoms with E-state index in [9.17, 15) is 8.78 Å². The second-order valence-corrected chi connectivity index (χ2v) is 5.01. The highest BCUT2D eigenvalue weighted by Gasteiger charge is 2.08. The standard InChI is InChI=1S/C16H16ClF2NO/c1-2-7-20-10-11-3-5-13(9-14(11)17)21-16-8-12(18)4-6-15(16)19/h3-6,8-9,20H,2,7,10H2,1H3. The van der Waals surface area contributed by atoms with Crippen molar-refractivity contribution < 1.29 is 13.5 Å². The van der Waals surface area contributed by atoms with Gasteiger partial charge in [0, 0.05) is 17.6 Å². The van der Waals surface area contributed by atoms with E-state index in [1.165, 1.54) is 0 Å². The van der Waals surface area contributed by atoms with Crippen molar-refractivity contribution in [3.8, 4) is 11.5 Å². The van der Waals surface area contributed by atoms with Crippen LogP contribution in [-0.4, -0.2) is 6.54 Å². The van der Waals surface area contributed by atoms with Gasteiger partial charge in [0.1, 0.15) is 11.6 Å². The summed E-state index contributed by atoms with van der Waals surface area (Å²) in [6.07, 6.45) is 1.04. The van der Waals surface area contributed by atoms with Gasteiger partial charge in [-0.25, -0.2) is 8.78 Å². The Hall–Kier alpha value is -1.65. The molecule has 1 N–H and O–H groups in total. The molecule has 0 aliphatic heterocycles. The largest absolute Gasteiger partial charge is 0.454 e. The fraction of sp³-hybridized carbons (Fsp3) is 0.250. The highest BCUT2D eigenvalue weighted by molar-refractivity contribution is 6.31. The Morgan fingerprint density at radius 2 is 1.95 bits per heavy atom. The fourth-order valence-corrected chi connectivity index (χ4v) is 2.05. The van der Waals surface area contributed by atoms with Crippen LogP contribution < -0.4 is 10.1 Å². The van der Waals surface area contributed by atoms with Crippen molar-refractivity contribution in [1.82, 2.24) is 5.32 Å². The second kappa shape index (κ2) is 7.38. The van der Waals surface area contributed by atoms with Crippen LogP contribution in [0.15, 0.2) is 36.4 Å². The SMILES string of the molecule is CCCNCc1ccc(Oc2cc(F)ccc2F)cc1Cl. The Morgan fingerprint density at radius 1 is 1.14 bits per heavy atom. The lowest BCUT2D eigenvalue weighted by Gasteiger charge is -2.10. The summed E-state index contributed by atoms with van der Waals surface area (Å²) in [5.41, 5.74) is 0.928. The maximum Gasteiger partial charge on any atom is 0.165 e. The molecule has 0 saturated heterocycles. The Morgan fingerprint density at radius 3 is 2.67 bits per heavy atom. The summed E-state index contributed by atoms with van der Waals surface area (Å²) in [7, 11) is 0. The molecule has 0 spiro atoms. The Kier molecular flexibility index (Phi) is 5.53.